The van der Waals surface area contributed by atoms with Gasteiger partial charge in [0.15, 0.2) is 17.3 Å². The summed E-state index contributed by atoms with van der Waals surface area (Å²) < 4.78 is 10.5. The zero-order valence-electron chi connectivity index (χ0n) is 11.0. The SMILES string of the molecule is CCC(C)NC(C)C(=O)c1ccc2c(c1)OCO2. The van der Waals surface area contributed by atoms with E-state index in [1.807, 2.05) is 6.92 Å². The minimum atomic E-state index is -0.194. The van der Waals surface area contributed by atoms with Crippen LogP contribution in [-0.2, 0) is 0 Å². The van der Waals surface area contributed by atoms with E-state index in [1.54, 1.807) is 18.2 Å². The Labute approximate surface area is 107 Å². The summed E-state index contributed by atoms with van der Waals surface area (Å²) in [5, 5.41) is 3.27. The molecule has 0 aliphatic carbocycles. The van der Waals surface area contributed by atoms with Gasteiger partial charge in [0, 0.05) is 11.6 Å². The van der Waals surface area contributed by atoms with Crippen molar-refractivity contribution in [1.82, 2.24) is 5.32 Å². The van der Waals surface area contributed by atoms with Crippen molar-refractivity contribution in [3.05, 3.63) is 23.8 Å². The van der Waals surface area contributed by atoms with Gasteiger partial charge in [-0.1, -0.05) is 6.92 Å². The minimum Gasteiger partial charge on any atom is -0.454 e. The molecule has 0 radical (unpaired) electrons. The van der Waals surface area contributed by atoms with Gasteiger partial charge >= 0.3 is 0 Å². The summed E-state index contributed by atoms with van der Waals surface area (Å²) >= 11 is 0. The molecule has 0 saturated heterocycles. The van der Waals surface area contributed by atoms with Crippen LogP contribution in [0.1, 0.15) is 37.6 Å². The molecule has 0 spiro atoms. The average molecular weight is 249 g/mol. The summed E-state index contributed by atoms with van der Waals surface area (Å²) in [6, 6.07) is 5.45. The smallest absolute Gasteiger partial charge is 0.231 e. The molecule has 1 aromatic carbocycles. The van der Waals surface area contributed by atoms with Crippen LogP contribution in [0.15, 0.2) is 18.2 Å². The van der Waals surface area contributed by atoms with Gasteiger partial charge in [-0.05, 0) is 38.5 Å². The van der Waals surface area contributed by atoms with Crippen LogP contribution >= 0.6 is 0 Å². The molecule has 0 bridgehead atoms. The molecule has 1 aliphatic heterocycles. The second-order valence-corrected chi connectivity index (χ2v) is 4.63. The van der Waals surface area contributed by atoms with E-state index in [-0.39, 0.29) is 18.6 Å². The second-order valence-electron chi connectivity index (χ2n) is 4.63. The van der Waals surface area contributed by atoms with E-state index in [0.717, 1.165) is 6.42 Å². The van der Waals surface area contributed by atoms with Crippen molar-refractivity contribution in [2.75, 3.05) is 6.79 Å². The van der Waals surface area contributed by atoms with Crippen LogP contribution in [0.5, 0.6) is 11.5 Å². The number of ether oxygens (including phenoxy) is 2. The number of nitrogens with one attached hydrogen (secondary N) is 1. The van der Waals surface area contributed by atoms with Gasteiger partial charge in [0.05, 0.1) is 6.04 Å². The van der Waals surface area contributed by atoms with Crippen molar-refractivity contribution in [2.45, 2.75) is 39.3 Å². The van der Waals surface area contributed by atoms with Crippen molar-refractivity contribution >= 4 is 5.78 Å². The van der Waals surface area contributed by atoms with Crippen molar-refractivity contribution in [1.29, 1.82) is 0 Å². The molecule has 0 saturated carbocycles. The van der Waals surface area contributed by atoms with Gasteiger partial charge in [-0.15, -0.1) is 0 Å². The standard InChI is InChI=1S/C14H19NO3/c1-4-9(2)15-10(3)14(16)11-5-6-12-13(7-11)18-8-17-12/h5-7,9-10,15H,4,8H2,1-3H3. The van der Waals surface area contributed by atoms with E-state index in [2.05, 4.69) is 19.2 Å². The summed E-state index contributed by atoms with van der Waals surface area (Å²) in [4.78, 5) is 12.2. The highest BCUT2D eigenvalue weighted by atomic mass is 16.7. The molecule has 4 nitrogen and oxygen atoms in total. The number of ketones is 1. The fourth-order valence-corrected chi connectivity index (χ4v) is 1.92. The molecule has 98 valence electrons. The number of Topliss-reactive ketones (excluding diaryl/α,β-unsaturated/α-hetero) is 1. The average Bonchev–Trinajstić information content (AvgIpc) is 2.84. The van der Waals surface area contributed by atoms with Gasteiger partial charge in [0.1, 0.15) is 0 Å². The highest BCUT2D eigenvalue weighted by molar-refractivity contribution is 6.00. The molecule has 0 fully saturated rings. The maximum Gasteiger partial charge on any atom is 0.231 e. The Balaban J connectivity index is 2.09. The molecule has 1 N–H and O–H groups in total. The van der Waals surface area contributed by atoms with Gasteiger partial charge in [-0.25, -0.2) is 0 Å². The normalized spacial score (nSPS) is 16.4. The highest BCUT2D eigenvalue weighted by Crippen LogP contribution is 2.32. The summed E-state index contributed by atoms with van der Waals surface area (Å²) in [6.45, 7) is 6.28. The number of benzene rings is 1. The number of hydrogen-bond donors (Lipinski definition) is 1. The Bertz CT molecular complexity index is 445. The Hall–Kier alpha value is -1.55. The third-order valence-corrected chi connectivity index (χ3v) is 3.20. The second kappa shape index (κ2) is 5.40. The van der Waals surface area contributed by atoms with Crippen molar-refractivity contribution in [3.63, 3.8) is 0 Å². The lowest BCUT2D eigenvalue weighted by Crippen LogP contribution is -2.39. The Kier molecular flexibility index (Phi) is 3.87. The summed E-state index contributed by atoms with van der Waals surface area (Å²) in [5.74, 6) is 1.43. The van der Waals surface area contributed by atoms with E-state index in [0.29, 0.717) is 23.1 Å². The molecule has 0 aromatic heterocycles. The molecule has 1 aromatic rings. The molecule has 2 rings (SSSR count). The van der Waals surface area contributed by atoms with Crippen molar-refractivity contribution < 1.29 is 14.3 Å². The maximum absolute atomic E-state index is 12.2. The van der Waals surface area contributed by atoms with Gasteiger partial charge in [-0.2, -0.15) is 0 Å². The van der Waals surface area contributed by atoms with Gasteiger partial charge < -0.3 is 14.8 Å². The van der Waals surface area contributed by atoms with E-state index < -0.39 is 0 Å². The van der Waals surface area contributed by atoms with E-state index in [4.69, 9.17) is 9.47 Å². The van der Waals surface area contributed by atoms with Gasteiger partial charge in [0.25, 0.3) is 0 Å². The number of rotatable bonds is 5. The van der Waals surface area contributed by atoms with Crippen LogP contribution in [0.25, 0.3) is 0 Å². The fraction of sp³-hybridized carbons (Fsp3) is 0.500. The molecular weight excluding hydrogens is 230 g/mol. The third kappa shape index (κ3) is 2.64. The lowest BCUT2D eigenvalue weighted by Gasteiger charge is -2.17. The van der Waals surface area contributed by atoms with Crippen LogP contribution in [-0.4, -0.2) is 24.7 Å². The summed E-state index contributed by atoms with van der Waals surface area (Å²) in [5.41, 5.74) is 0.655. The molecule has 1 aliphatic rings. The van der Waals surface area contributed by atoms with Crippen LogP contribution < -0.4 is 14.8 Å². The zero-order valence-corrected chi connectivity index (χ0v) is 11.0. The lowest BCUT2D eigenvalue weighted by atomic mass is 10.0. The molecule has 2 atom stereocenters. The molecule has 4 heteroatoms. The van der Waals surface area contributed by atoms with Crippen molar-refractivity contribution in [2.24, 2.45) is 0 Å². The first-order valence-electron chi connectivity index (χ1n) is 6.31. The van der Waals surface area contributed by atoms with E-state index in [9.17, 15) is 4.79 Å². The quantitative estimate of drug-likeness (QED) is 0.814. The third-order valence-electron chi connectivity index (χ3n) is 3.20. The topological polar surface area (TPSA) is 47.6 Å². The maximum atomic E-state index is 12.2. The fourth-order valence-electron chi connectivity index (χ4n) is 1.92. The Morgan fingerprint density at radius 3 is 2.78 bits per heavy atom. The van der Waals surface area contributed by atoms with Gasteiger partial charge in [0.2, 0.25) is 6.79 Å². The first-order valence-corrected chi connectivity index (χ1v) is 6.31. The van der Waals surface area contributed by atoms with Gasteiger partial charge in [-0.3, -0.25) is 4.79 Å². The van der Waals surface area contributed by atoms with Crippen molar-refractivity contribution in [3.8, 4) is 11.5 Å². The number of carbonyl (C=O) groups excluding carboxylic acids is 1. The predicted molar refractivity (Wildman–Crippen MR) is 69.2 cm³/mol. The molecule has 2 unspecified atom stereocenters. The van der Waals surface area contributed by atoms with E-state index in [1.165, 1.54) is 0 Å². The molecule has 18 heavy (non-hydrogen) atoms. The lowest BCUT2D eigenvalue weighted by molar-refractivity contribution is 0.0944. The van der Waals surface area contributed by atoms with Crippen LogP contribution in [0.2, 0.25) is 0 Å². The largest absolute Gasteiger partial charge is 0.454 e. The Morgan fingerprint density at radius 1 is 1.33 bits per heavy atom. The van der Waals surface area contributed by atoms with E-state index >= 15 is 0 Å². The summed E-state index contributed by atoms with van der Waals surface area (Å²) in [6.07, 6.45) is 0.999. The monoisotopic (exact) mass is 249 g/mol. The molecule has 0 amide bonds. The number of carbonyl (C=O) groups is 1. The molecular formula is C14H19NO3. The van der Waals surface area contributed by atoms with Crippen LogP contribution in [0, 0.1) is 0 Å². The number of fused-ring (bicyclic) bond motifs is 1. The predicted octanol–water partition coefficient (Wildman–Crippen LogP) is 2.37. The zero-order chi connectivity index (χ0) is 13.1. The van der Waals surface area contributed by atoms with Crippen LogP contribution in [0.3, 0.4) is 0 Å². The summed E-state index contributed by atoms with van der Waals surface area (Å²) in [7, 11) is 0. The Morgan fingerprint density at radius 2 is 2.06 bits per heavy atom. The van der Waals surface area contributed by atoms with Crippen LogP contribution in [0.4, 0.5) is 0 Å². The first-order chi connectivity index (χ1) is 8.61. The minimum absolute atomic E-state index is 0.0774. The molecule has 1 heterocycles. The number of hydrogen-bond acceptors (Lipinski definition) is 4. The first kappa shape index (κ1) is 12.9. The highest BCUT2D eigenvalue weighted by Gasteiger charge is 2.20.